The van der Waals surface area contributed by atoms with Crippen molar-refractivity contribution < 1.29 is 44.3 Å². The van der Waals surface area contributed by atoms with Crippen LogP contribution >= 0.6 is 0 Å². The number of rotatable bonds is 14. The molecule has 10 nitrogen and oxygen atoms in total. The third-order valence-electron chi connectivity index (χ3n) is 8.29. The number of allylic oxidation sites excluding steroid dienone is 1. The maximum atomic E-state index is 14.0. The Morgan fingerprint density at radius 2 is 1.88 bits per heavy atom. The number of fused-ring (bicyclic) bond motifs is 1. The van der Waals surface area contributed by atoms with Crippen LogP contribution in [0.3, 0.4) is 0 Å². The molecule has 1 saturated heterocycles. The number of amides is 2. The second kappa shape index (κ2) is 14.5. The van der Waals surface area contributed by atoms with Crippen LogP contribution in [-0.4, -0.2) is 79.1 Å². The number of phenols is 1. The second-order valence-corrected chi connectivity index (χ2v) is 11.0. The second-order valence-electron chi connectivity index (χ2n) is 11.0. The number of carboxylic acids is 1. The molecule has 0 radical (unpaired) electrons. The summed E-state index contributed by atoms with van der Waals surface area (Å²) in [6, 6.07) is 9.29. The van der Waals surface area contributed by atoms with Crippen molar-refractivity contribution in [3.63, 3.8) is 0 Å². The molecule has 0 spiro atoms. The molecule has 0 bridgehead atoms. The largest absolute Gasteiger partial charge is 0.505 e. The van der Waals surface area contributed by atoms with E-state index in [-0.39, 0.29) is 38.1 Å². The Kier molecular flexibility index (Phi) is 10.8. The number of aliphatic hydroxyl groups excluding tert-OH is 3. The zero-order valence-corrected chi connectivity index (χ0v) is 23.7. The quantitative estimate of drug-likeness (QED) is 0.125. The van der Waals surface area contributed by atoms with Crippen molar-refractivity contribution in [1.29, 1.82) is 0 Å². The first kappa shape index (κ1) is 32.0. The number of hydrogen-bond acceptors (Lipinski definition) is 8. The van der Waals surface area contributed by atoms with Crippen molar-refractivity contribution >= 4 is 29.4 Å². The average molecular weight is 597 g/mol. The molecule has 1 fully saturated rings. The number of hydrogen-bond donors (Lipinski definition) is 5. The fourth-order valence-corrected chi connectivity index (χ4v) is 6.20. The van der Waals surface area contributed by atoms with Crippen LogP contribution in [0.2, 0.25) is 0 Å². The van der Waals surface area contributed by atoms with Gasteiger partial charge in [0.05, 0.1) is 36.8 Å². The number of aromatic hydroxyl groups is 1. The zero-order valence-electron chi connectivity index (χ0n) is 23.7. The van der Waals surface area contributed by atoms with Crippen LogP contribution in [0, 0.1) is 23.6 Å². The first-order chi connectivity index (χ1) is 20.7. The highest BCUT2D eigenvalue weighted by molar-refractivity contribution is 6.05. The van der Waals surface area contributed by atoms with Crippen molar-refractivity contribution in [2.24, 2.45) is 17.8 Å². The van der Waals surface area contributed by atoms with Crippen LogP contribution in [0.25, 0.3) is 11.6 Å². The van der Waals surface area contributed by atoms with Gasteiger partial charge in [0.15, 0.2) is 11.6 Å². The molecular weight excluding hydrogens is 559 g/mol. The lowest BCUT2D eigenvalue weighted by Gasteiger charge is -2.36. The van der Waals surface area contributed by atoms with Gasteiger partial charge in [0.2, 0.25) is 11.8 Å². The minimum Gasteiger partial charge on any atom is -0.505 e. The number of carboxylic acid groups (broad SMARTS) is 1. The van der Waals surface area contributed by atoms with Gasteiger partial charge in [-0.3, -0.25) is 24.3 Å². The number of benzene rings is 1. The Bertz CT molecular complexity index is 1390. The smallest absolute Gasteiger partial charge is 0.303 e. The molecule has 230 valence electrons. The zero-order chi connectivity index (χ0) is 31.1. The predicted octanol–water partition coefficient (Wildman–Crippen LogP) is 3.16. The number of phenolic OH excluding ortho intramolecular Hbond substituents is 1. The fraction of sp³-hybridized carbons (Fsp3) is 0.438. The van der Waals surface area contributed by atoms with Gasteiger partial charge in [0, 0.05) is 25.1 Å². The average Bonchev–Trinajstić information content (AvgIpc) is 3.24. The number of halogens is 1. The molecule has 4 rings (SSSR count). The molecule has 1 aliphatic heterocycles. The summed E-state index contributed by atoms with van der Waals surface area (Å²) < 4.78 is 14.0. The number of aliphatic hydroxyl groups is 3. The first-order valence-corrected chi connectivity index (χ1v) is 14.4. The summed E-state index contributed by atoms with van der Waals surface area (Å²) in [5.74, 6) is -5.46. The molecule has 2 amide bonds. The molecule has 0 saturated carbocycles. The molecule has 2 aliphatic rings. The predicted molar refractivity (Wildman–Crippen MR) is 155 cm³/mol. The SMILES string of the molecule is O=C(O)CCCCCN1C(=O)[C@@H]2[C@@H](CC(CO)=C([C@H](O)CC/C(=C/c3ccc(O)c(F)c3)c3ccccn3)[C@@H]2CO)C1=O. The lowest BCUT2D eigenvalue weighted by Crippen LogP contribution is -2.39. The van der Waals surface area contributed by atoms with Gasteiger partial charge in [0.25, 0.3) is 0 Å². The van der Waals surface area contributed by atoms with Crippen LogP contribution in [0.5, 0.6) is 5.75 Å². The Morgan fingerprint density at radius 1 is 1.09 bits per heavy atom. The number of aromatic nitrogens is 1. The molecule has 4 atom stereocenters. The van der Waals surface area contributed by atoms with Gasteiger partial charge < -0.3 is 25.5 Å². The maximum Gasteiger partial charge on any atom is 0.303 e. The van der Waals surface area contributed by atoms with Crippen LogP contribution in [-0.2, 0) is 14.4 Å². The van der Waals surface area contributed by atoms with Crippen molar-refractivity contribution in [3.8, 4) is 5.75 Å². The fourth-order valence-electron chi connectivity index (χ4n) is 6.20. The lowest BCUT2D eigenvalue weighted by molar-refractivity contribution is -0.141. The maximum absolute atomic E-state index is 14.0. The van der Waals surface area contributed by atoms with E-state index in [4.69, 9.17) is 5.11 Å². The van der Waals surface area contributed by atoms with Crippen LogP contribution in [0.4, 0.5) is 4.39 Å². The van der Waals surface area contributed by atoms with Crippen molar-refractivity contribution in [1.82, 2.24) is 9.88 Å². The number of carbonyl (C=O) groups is 3. The summed E-state index contributed by atoms with van der Waals surface area (Å²) >= 11 is 0. The molecule has 2 aromatic rings. The molecule has 1 aromatic heterocycles. The third kappa shape index (κ3) is 7.35. The molecule has 0 unspecified atom stereocenters. The van der Waals surface area contributed by atoms with Crippen molar-refractivity contribution in [3.05, 3.63) is 70.8 Å². The molecule has 1 aromatic carbocycles. The van der Waals surface area contributed by atoms with Gasteiger partial charge in [-0.1, -0.05) is 18.6 Å². The van der Waals surface area contributed by atoms with Crippen molar-refractivity contribution in [2.45, 2.75) is 51.0 Å². The van der Waals surface area contributed by atoms with Crippen LogP contribution in [0.15, 0.2) is 53.7 Å². The van der Waals surface area contributed by atoms with E-state index in [1.165, 1.54) is 17.0 Å². The van der Waals surface area contributed by atoms with Crippen LogP contribution in [0.1, 0.15) is 56.2 Å². The minimum atomic E-state index is -1.16. The Balaban J connectivity index is 1.53. The molecule has 11 heteroatoms. The molecule has 1 aliphatic carbocycles. The lowest BCUT2D eigenvalue weighted by atomic mass is 9.68. The highest BCUT2D eigenvalue weighted by atomic mass is 19.1. The van der Waals surface area contributed by atoms with Gasteiger partial charge in [-0.2, -0.15) is 0 Å². The van der Waals surface area contributed by atoms with E-state index in [0.29, 0.717) is 47.2 Å². The standard InChI is InChI=1S/C32H37FN2O8/c33-24-15-19(8-10-26(24)38)14-20(25-6-3-4-12-34-25)9-11-27(39)29-21(17-36)16-22-30(23(29)18-37)32(43)35(31(22)42)13-5-1-2-7-28(40)41/h3-4,6,8,10,12,14-15,22-23,27,30,36-39H,1-2,5,7,9,11,13,16-18H2,(H,40,41)/b20-14-/t22-,23+,27-,30-/m1/s1. The topological polar surface area (TPSA) is 168 Å². The van der Waals surface area contributed by atoms with E-state index in [0.717, 1.165) is 0 Å². The number of carbonyl (C=O) groups excluding carboxylic acids is 2. The van der Waals surface area contributed by atoms with E-state index < -0.39 is 60.5 Å². The minimum absolute atomic E-state index is 0.00776. The summed E-state index contributed by atoms with van der Waals surface area (Å²) in [4.78, 5) is 42.9. The van der Waals surface area contributed by atoms with Gasteiger partial charge in [0.1, 0.15) is 0 Å². The molecule has 2 heterocycles. The van der Waals surface area contributed by atoms with E-state index >= 15 is 0 Å². The number of imide groups is 1. The number of aliphatic carboxylic acids is 1. The summed E-state index contributed by atoms with van der Waals surface area (Å²) in [5.41, 5.74) is 2.52. The first-order valence-electron chi connectivity index (χ1n) is 14.4. The number of unbranched alkanes of at least 4 members (excludes halogenated alkanes) is 2. The number of nitrogens with zero attached hydrogens (tertiary/aromatic N) is 2. The Hall–Kier alpha value is -3.93. The van der Waals surface area contributed by atoms with Gasteiger partial charge in [-0.25, -0.2) is 4.39 Å². The molecule has 43 heavy (non-hydrogen) atoms. The summed E-state index contributed by atoms with van der Waals surface area (Å²) in [6.07, 6.45) is 4.06. The molecule has 5 N–H and O–H groups in total. The monoisotopic (exact) mass is 596 g/mol. The van der Waals surface area contributed by atoms with E-state index in [1.54, 1.807) is 36.5 Å². The van der Waals surface area contributed by atoms with Crippen LogP contribution < -0.4 is 0 Å². The van der Waals surface area contributed by atoms with E-state index in [1.807, 2.05) is 0 Å². The van der Waals surface area contributed by atoms with E-state index in [9.17, 15) is 39.2 Å². The number of likely N-dealkylation sites (tertiary alicyclic amines) is 1. The Labute approximate surface area is 248 Å². The third-order valence-corrected chi connectivity index (χ3v) is 8.29. The molecular formula is C32H37FN2O8. The summed E-state index contributed by atoms with van der Waals surface area (Å²) in [6.45, 7) is -0.804. The van der Waals surface area contributed by atoms with Gasteiger partial charge in [-0.15, -0.1) is 0 Å². The van der Waals surface area contributed by atoms with E-state index in [2.05, 4.69) is 4.98 Å². The normalized spacial score (nSPS) is 21.3. The highest BCUT2D eigenvalue weighted by Gasteiger charge is 2.54. The Morgan fingerprint density at radius 3 is 2.53 bits per heavy atom. The van der Waals surface area contributed by atoms with Gasteiger partial charge in [-0.05, 0) is 84.7 Å². The van der Waals surface area contributed by atoms with Gasteiger partial charge >= 0.3 is 5.97 Å². The van der Waals surface area contributed by atoms with Crippen molar-refractivity contribution in [2.75, 3.05) is 19.8 Å². The highest BCUT2D eigenvalue weighted by Crippen LogP contribution is 2.46. The summed E-state index contributed by atoms with van der Waals surface area (Å²) in [5, 5.41) is 50.4. The number of pyridine rings is 1. The summed E-state index contributed by atoms with van der Waals surface area (Å²) in [7, 11) is 0.